The van der Waals surface area contributed by atoms with E-state index in [1.807, 2.05) is 45.3 Å². The van der Waals surface area contributed by atoms with Crippen molar-refractivity contribution in [1.29, 1.82) is 0 Å². The molecule has 2 fully saturated rings. The summed E-state index contributed by atoms with van der Waals surface area (Å²) in [4.78, 5) is 0. The molecule has 0 radical (unpaired) electrons. The number of fused-ring (bicyclic) bond motifs is 5. The van der Waals surface area contributed by atoms with Gasteiger partial charge in [-0.15, -0.1) is 0 Å². The van der Waals surface area contributed by atoms with Gasteiger partial charge in [0.15, 0.2) is 25.0 Å². The third-order valence-corrected chi connectivity index (χ3v) is 15.7. The largest absolute Gasteiger partial charge is 0.510 e. The molecule has 3 aliphatic rings. The van der Waals surface area contributed by atoms with E-state index in [0.717, 1.165) is 18.3 Å². The maximum absolute atomic E-state index is 13.7. The molecule has 9 heteroatoms. The fourth-order valence-corrected chi connectivity index (χ4v) is 14.8. The third-order valence-electron chi connectivity index (χ3n) is 8.10. The highest BCUT2D eigenvalue weighted by molar-refractivity contribution is 7.52. The van der Waals surface area contributed by atoms with Crippen LogP contribution in [0.15, 0.2) is 18.2 Å². The molecule has 204 valence electrons. The number of rotatable bonds is 8. The van der Waals surface area contributed by atoms with Crippen molar-refractivity contribution in [2.24, 2.45) is 17.3 Å². The van der Waals surface area contributed by atoms with Crippen molar-refractivity contribution in [3.63, 3.8) is 0 Å². The molecule has 0 amide bonds. The van der Waals surface area contributed by atoms with Gasteiger partial charge in [0.2, 0.25) is 0 Å². The van der Waals surface area contributed by atoms with Crippen molar-refractivity contribution in [3.8, 4) is 5.75 Å². The first-order valence-electron chi connectivity index (χ1n) is 13.9. The minimum Gasteiger partial charge on any atom is -0.414 e. The number of aryl methyl sites for hydroxylation is 1. The maximum Gasteiger partial charge on any atom is 0.510 e. The molecule has 0 bridgehead atoms. The first-order valence-corrected chi connectivity index (χ1v) is 25.6. The fraction of sp³-hybridized carbons (Fsp3) is 0.778. The van der Waals surface area contributed by atoms with Crippen LogP contribution < -0.4 is 4.52 Å². The Morgan fingerprint density at radius 1 is 0.861 bits per heavy atom. The third kappa shape index (κ3) is 6.49. The average molecular weight is 569 g/mol. The van der Waals surface area contributed by atoms with Crippen molar-refractivity contribution >= 4 is 32.8 Å². The van der Waals surface area contributed by atoms with E-state index in [1.165, 1.54) is 43.2 Å². The summed E-state index contributed by atoms with van der Waals surface area (Å²) in [6.07, 6.45) is 7.69. The van der Waals surface area contributed by atoms with Gasteiger partial charge in [0.1, 0.15) is 5.75 Å². The maximum atomic E-state index is 13.7. The first kappa shape index (κ1) is 28.8. The van der Waals surface area contributed by atoms with Crippen LogP contribution in [0.4, 0.5) is 0 Å². The molecule has 0 heterocycles. The van der Waals surface area contributed by atoms with Gasteiger partial charge in [0.25, 0.3) is 0 Å². The van der Waals surface area contributed by atoms with Crippen molar-refractivity contribution in [2.75, 3.05) is 0 Å². The van der Waals surface area contributed by atoms with Gasteiger partial charge in [0, 0.05) is 0 Å². The summed E-state index contributed by atoms with van der Waals surface area (Å²) < 4.78 is 38.5. The topological polar surface area (TPSA) is 54.0 Å². The molecule has 0 spiro atoms. The molecule has 0 saturated heterocycles. The second-order valence-electron chi connectivity index (χ2n) is 14.6. The minimum absolute atomic E-state index is 0.316. The van der Waals surface area contributed by atoms with Crippen molar-refractivity contribution in [3.05, 3.63) is 29.3 Å². The van der Waals surface area contributed by atoms with Crippen LogP contribution in [0, 0.1) is 17.3 Å². The summed E-state index contributed by atoms with van der Waals surface area (Å²) in [5.74, 6) is 2.69. The molecule has 0 aromatic heterocycles. The second kappa shape index (κ2) is 9.76. The predicted molar refractivity (Wildman–Crippen MR) is 156 cm³/mol. The van der Waals surface area contributed by atoms with Crippen LogP contribution in [0.1, 0.15) is 56.1 Å². The summed E-state index contributed by atoms with van der Waals surface area (Å²) >= 11 is 0. The molecule has 3 aliphatic carbocycles. The molecule has 5 atom stereocenters. The Morgan fingerprint density at radius 3 is 2.08 bits per heavy atom. The summed E-state index contributed by atoms with van der Waals surface area (Å²) in [6, 6.07) is 6.34. The number of hydrogen-bond acceptors (Lipinski definition) is 5. The molecule has 5 nitrogen and oxygen atoms in total. The Morgan fingerprint density at radius 2 is 1.50 bits per heavy atom. The van der Waals surface area contributed by atoms with Crippen LogP contribution in [0.5, 0.6) is 5.75 Å². The molecule has 36 heavy (non-hydrogen) atoms. The molecular weight excluding hydrogens is 520 g/mol. The lowest BCUT2D eigenvalue weighted by Crippen LogP contribution is -2.47. The van der Waals surface area contributed by atoms with E-state index in [-0.39, 0.29) is 0 Å². The Kier molecular flexibility index (Phi) is 7.80. The van der Waals surface area contributed by atoms with Crippen LogP contribution in [-0.2, 0) is 23.8 Å². The highest BCUT2D eigenvalue weighted by atomic mass is 31.2. The van der Waals surface area contributed by atoms with E-state index in [0.29, 0.717) is 23.2 Å². The normalized spacial score (nSPS) is 30.9. The predicted octanol–water partition coefficient (Wildman–Crippen LogP) is 8.95. The molecule has 4 rings (SSSR count). The lowest BCUT2D eigenvalue weighted by molar-refractivity contribution is -0.0140. The van der Waals surface area contributed by atoms with Crippen LogP contribution in [0.25, 0.3) is 0 Å². The van der Waals surface area contributed by atoms with Gasteiger partial charge in [-0.2, -0.15) is 0 Å². The van der Waals surface area contributed by atoms with Gasteiger partial charge in [-0.3, -0.25) is 0 Å². The quantitative estimate of drug-likeness (QED) is 0.231. The van der Waals surface area contributed by atoms with Crippen LogP contribution >= 0.6 is 7.82 Å². The van der Waals surface area contributed by atoms with E-state index >= 15 is 0 Å². The Balaban J connectivity index is 1.54. The summed E-state index contributed by atoms with van der Waals surface area (Å²) in [6.45, 7) is 21.6. The summed E-state index contributed by atoms with van der Waals surface area (Å²) in [7, 11) is -9.51. The van der Waals surface area contributed by atoms with Crippen LogP contribution in [0.3, 0.4) is 0 Å². The zero-order valence-electron chi connectivity index (χ0n) is 24.3. The monoisotopic (exact) mass is 568 g/mol. The van der Waals surface area contributed by atoms with Crippen LogP contribution in [-0.4, -0.2) is 31.1 Å². The Bertz CT molecular complexity index is 992. The van der Waals surface area contributed by atoms with Crippen molar-refractivity contribution in [1.82, 2.24) is 0 Å². The molecule has 2 saturated carbocycles. The van der Waals surface area contributed by atoms with Gasteiger partial charge < -0.3 is 17.4 Å². The standard InChI is InChI=1S/C27H49O5PSi3/c1-27-18-17-23-22-14-12-21(29-33(28,31-35(5,6)7)32-36(8,9)10)19-20(22)11-13-24(23)25(27)15-16-26(27)30-34(2,3)4/h12,14,19,23-26H,11,13,15-18H2,1-10H3/t23-,24-,25+,26+,27+/m1/s1. The zero-order valence-corrected chi connectivity index (χ0v) is 28.2. The molecule has 0 unspecified atom stereocenters. The Labute approximate surface area is 223 Å². The number of hydrogen-bond donors (Lipinski definition) is 0. The van der Waals surface area contributed by atoms with Gasteiger partial charge in [-0.05, 0) is 144 Å². The lowest BCUT2D eigenvalue weighted by atomic mass is 9.55. The van der Waals surface area contributed by atoms with E-state index in [9.17, 15) is 4.57 Å². The highest BCUT2D eigenvalue weighted by Crippen LogP contribution is 2.62. The second-order valence-corrected chi connectivity index (χ2v) is 30.0. The number of benzene rings is 1. The molecule has 0 aliphatic heterocycles. The van der Waals surface area contributed by atoms with Gasteiger partial charge in [-0.25, -0.2) is 4.57 Å². The van der Waals surface area contributed by atoms with Gasteiger partial charge >= 0.3 is 7.82 Å². The smallest absolute Gasteiger partial charge is 0.414 e. The molecular formula is C27H49O5PSi3. The minimum atomic E-state index is -3.68. The highest BCUT2D eigenvalue weighted by Gasteiger charge is 2.55. The number of phosphoric acid groups is 1. The summed E-state index contributed by atoms with van der Waals surface area (Å²) in [5, 5.41) is 0. The van der Waals surface area contributed by atoms with Gasteiger partial charge in [0.05, 0.1) is 6.10 Å². The summed E-state index contributed by atoms with van der Waals surface area (Å²) in [5.41, 5.74) is 3.14. The molecule has 0 N–H and O–H groups in total. The molecule has 1 aromatic carbocycles. The fourth-order valence-electron chi connectivity index (χ4n) is 7.04. The van der Waals surface area contributed by atoms with E-state index in [2.05, 4.69) is 38.7 Å². The van der Waals surface area contributed by atoms with Gasteiger partial charge in [-0.1, -0.05) is 13.0 Å². The van der Waals surface area contributed by atoms with Crippen molar-refractivity contribution in [2.45, 2.75) is 116 Å². The lowest BCUT2D eigenvalue weighted by Gasteiger charge is -2.51. The van der Waals surface area contributed by atoms with E-state index in [4.69, 9.17) is 17.4 Å². The van der Waals surface area contributed by atoms with Crippen molar-refractivity contribution < 1.29 is 21.9 Å². The van der Waals surface area contributed by atoms with E-state index < -0.39 is 32.8 Å². The average Bonchev–Trinajstić information content (AvgIpc) is 2.99. The Hall–Kier alpha value is -0.219. The SMILES string of the molecule is C[C@]12CC[C@@H]3c4ccc(OP(=O)(O[Si](C)(C)C)O[Si](C)(C)C)cc4CC[C@H]3[C@@H]1CC[C@@H]2O[Si](C)(C)C. The van der Waals surface area contributed by atoms with E-state index in [1.54, 1.807) is 0 Å². The van der Waals surface area contributed by atoms with Crippen LogP contribution in [0.2, 0.25) is 58.9 Å². The molecule has 1 aromatic rings. The first-order chi connectivity index (χ1) is 16.4. The zero-order chi connectivity index (χ0) is 26.7.